The summed E-state index contributed by atoms with van der Waals surface area (Å²) < 4.78 is 17.2. The summed E-state index contributed by atoms with van der Waals surface area (Å²) in [7, 11) is 1.65. The highest BCUT2D eigenvalue weighted by Gasteiger charge is 2.26. The number of ether oxygens (including phenoxy) is 3. The van der Waals surface area contributed by atoms with Gasteiger partial charge < -0.3 is 14.2 Å². The number of methoxy groups -OCH3 is 1. The lowest BCUT2D eigenvalue weighted by Gasteiger charge is -2.32. The zero-order chi connectivity index (χ0) is 9.68. The van der Waals surface area contributed by atoms with E-state index in [1.54, 1.807) is 7.11 Å². The molecule has 0 bridgehead atoms. The summed E-state index contributed by atoms with van der Waals surface area (Å²) in [5, 5.41) is 0. The zero-order valence-electron chi connectivity index (χ0n) is 8.16. The van der Waals surface area contributed by atoms with Crippen LogP contribution in [0.4, 0.5) is 0 Å². The molecule has 0 spiro atoms. The third kappa shape index (κ3) is 4.10. The summed E-state index contributed by atoms with van der Waals surface area (Å²) in [5.41, 5.74) is 0. The first-order chi connectivity index (χ1) is 6.26. The zero-order valence-corrected chi connectivity index (χ0v) is 10.3. The predicted molar refractivity (Wildman–Crippen MR) is 59.2 cm³/mol. The van der Waals surface area contributed by atoms with Gasteiger partial charge in [-0.15, -0.1) is 0 Å². The van der Waals surface area contributed by atoms with E-state index in [2.05, 4.69) is 29.5 Å². The van der Waals surface area contributed by atoms with E-state index in [0.29, 0.717) is 25.1 Å². The summed E-state index contributed by atoms with van der Waals surface area (Å²) >= 11 is 2.35. The fourth-order valence-electron chi connectivity index (χ4n) is 1.60. The summed E-state index contributed by atoms with van der Waals surface area (Å²) in [6.07, 6.45) is 2.96. The van der Waals surface area contributed by atoms with E-state index in [1.165, 1.54) is 0 Å². The molecule has 0 aromatic rings. The van der Waals surface area contributed by atoms with Crippen LogP contribution in [0.25, 0.3) is 0 Å². The molecule has 1 saturated heterocycles. The molecule has 0 unspecified atom stereocenters. The highest BCUT2D eigenvalue weighted by atomic mass is 127. The molecule has 1 fully saturated rings. The van der Waals surface area contributed by atoms with E-state index in [-0.39, 0.29) is 0 Å². The van der Waals surface area contributed by atoms with Crippen LogP contribution in [0.15, 0.2) is 0 Å². The number of alkyl halides is 1. The molecule has 1 aliphatic rings. The van der Waals surface area contributed by atoms with E-state index >= 15 is 0 Å². The largest absolute Gasteiger partial charge is 0.374 e. The van der Waals surface area contributed by atoms with Gasteiger partial charge >= 0.3 is 0 Å². The molecule has 0 aromatic heterocycles. The second-order valence-electron chi connectivity index (χ2n) is 3.39. The van der Waals surface area contributed by atoms with Crippen molar-refractivity contribution in [3.05, 3.63) is 0 Å². The van der Waals surface area contributed by atoms with Crippen LogP contribution in [0.1, 0.15) is 19.8 Å². The Morgan fingerprint density at radius 3 is 2.85 bits per heavy atom. The predicted octanol–water partition coefficient (Wildman–Crippen LogP) is 1.98. The third-order valence-electron chi connectivity index (χ3n) is 2.14. The minimum Gasteiger partial charge on any atom is -0.374 e. The fourth-order valence-corrected chi connectivity index (χ4v) is 2.17. The molecule has 1 rings (SSSR count). The fraction of sp³-hybridized carbons (Fsp3) is 1.00. The van der Waals surface area contributed by atoms with Gasteiger partial charge in [0, 0.05) is 18.0 Å². The minimum atomic E-state index is 0.309. The number of rotatable bonds is 4. The van der Waals surface area contributed by atoms with Gasteiger partial charge in [-0.25, -0.2) is 0 Å². The van der Waals surface area contributed by atoms with Crippen LogP contribution >= 0.6 is 22.6 Å². The van der Waals surface area contributed by atoms with Crippen LogP contribution in [0.3, 0.4) is 0 Å². The lowest BCUT2D eigenvalue weighted by molar-refractivity contribution is -0.138. The van der Waals surface area contributed by atoms with Crippen LogP contribution in [0.2, 0.25) is 0 Å². The summed E-state index contributed by atoms with van der Waals surface area (Å²) in [4.78, 5) is 0. The van der Waals surface area contributed by atoms with Gasteiger partial charge in [0.2, 0.25) is 0 Å². The van der Waals surface area contributed by atoms with Crippen molar-refractivity contribution in [1.29, 1.82) is 0 Å². The maximum absolute atomic E-state index is 5.72. The smallest absolute Gasteiger partial charge is 0.146 e. The SMILES string of the molecule is COCO[C@H]1C[C@@H](CI)O[C@@H](C)C1. The molecule has 3 atom stereocenters. The minimum absolute atomic E-state index is 0.309. The maximum atomic E-state index is 5.72. The molecule has 3 nitrogen and oxygen atoms in total. The van der Waals surface area contributed by atoms with Crippen LogP contribution in [-0.2, 0) is 14.2 Å². The second kappa shape index (κ2) is 6.16. The molecule has 0 radical (unpaired) electrons. The molecule has 78 valence electrons. The first-order valence-corrected chi connectivity index (χ1v) is 6.10. The first-order valence-electron chi connectivity index (χ1n) is 4.58. The second-order valence-corrected chi connectivity index (χ2v) is 4.27. The van der Waals surface area contributed by atoms with Crippen molar-refractivity contribution in [2.75, 3.05) is 18.3 Å². The third-order valence-corrected chi connectivity index (χ3v) is 3.12. The van der Waals surface area contributed by atoms with Crippen molar-refractivity contribution < 1.29 is 14.2 Å². The Morgan fingerprint density at radius 1 is 1.46 bits per heavy atom. The average Bonchev–Trinajstić information content (AvgIpc) is 2.14. The topological polar surface area (TPSA) is 27.7 Å². The summed E-state index contributed by atoms with van der Waals surface area (Å²) in [6, 6.07) is 0. The molecular formula is C9H17IO3. The van der Waals surface area contributed by atoms with Gasteiger partial charge in [0.25, 0.3) is 0 Å². The standard InChI is InChI=1S/C9H17IO3/c1-7-3-8(12-6-11-2)4-9(5-10)13-7/h7-9H,3-6H2,1-2H3/t7-,8+,9-/m0/s1. The van der Waals surface area contributed by atoms with Gasteiger partial charge in [-0.05, 0) is 13.3 Å². The van der Waals surface area contributed by atoms with Crippen molar-refractivity contribution >= 4 is 22.6 Å². The number of hydrogen-bond donors (Lipinski definition) is 0. The number of halogens is 1. The maximum Gasteiger partial charge on any atom is 0.146 e. The Hall–Kier alpha value is 0.610. The van der Waals surface area contributed by atoms with Crippen LogP contribution in [0.5, 0.6) is 0 Å². The van der Waals surface area contributed by atoms with Crippen molar-refractivity contribution in [3.8, 4) is 0 Å². The van der Waals surface area contributed by atoms with Crippen LogP contribution < -0.4 is 0 Å². The lowest BCUT2D eigenvalue weighted by atomic mass is 10.0. The molecule has 1 heterocycles. The van der Waals surface area contributed by atoms with Crippen LogP contribution in [-0.4, -0.2) is 36.6 Å². The Bertz CT molecular complexity index is 143. The van der Waals surface area contributed by atoms with E-state index < -0.39 is 0 Å². The first kappa shape index (κ1) is 11.7. The Morgan fingerprint density at radius 2 is 2.23 bits per heavy atom. The Balaban J connectivity index is 2.29. The van der Waals surface area contributed by atoms with Crippen molar-refractivity contribution in [2.45, 2.75) is 38.1 Å². The van der Waals surface area contributed by atoms with E-state index in [4.69, 9.17) is 14.2 Å². The van der Waals surface area contributed by atoms with Gasteiger partial charge in [0.1, 0.15) is 6.79 Å². The van der Waals surface area contributed by atoms with Gasteiger partial charge in [-0.2, -0.15) is 0 Å². The molecule has 1 aliphatic heterocycles. The molecule has 13 heavy (non-hydrogen) atoms. The van der Waals surface area contributed by atoms with E-state index in [9.17, 15) is 0 Å². The quantitative estimate of drug-likeness (QED) is 0.451. The molecule has 4 heteroatoms. The van der Waals surface area contributed by atoms with Gasteiger partial charge in [0.05, 0.1) is 18.3 Å². The molecule has 0 aliphatic carbocycles. The molecule has 0 N–H and O–H groups in total. The molecule has 0 aromatic carbocycles. The normalized spacial score (nSPS) is 34.8. The molecular weight excluding hydrogens is 283 g/mol. The van der Waals surface area contributed by atoms with E-state index in [1.807, 2.05) is 0 Å². The number of hydrogen-bond acceptors (Lipinski definition) is 3. The van der Waals surface area contributed by atoms with Crippen LogP contribution in [0, 0.1) is 0 Å². The Kier molecular flexibility index (Phi) is 5.54. The molecule has 0 saturated carbocycles. The summed E-state index contributed by atoms with van der Waals surface area (Å²) in [6.45, 7) is 2.49. The van der Waals surface area contributed by atoms with Gasteiger partial charge in [-0.3, -0.25) is 0 Å². The van der Waals surface area contributed by atoms with Gasteiger partial charge in [0.15, 0.2) is 0 Å². The highest BCUT2D eigenvalue weighted by Crippen LogP contribution is 2.22. The van der Waals surface area contributed by atoms with Gasteiger partial charge in [-0.1, -0.05) is 22.6 Å². The Labute approximate surface area is 93.3 Å². The van der Waals surface area contributed by atoms with Crippen molar-refractivity contribution in [2.24, 2.45) is 0 Å². The summed E-state index contributed by atoms with van der Waals surface area (Å²) in [5.74, 6) is 0. The monoisotopic (exact) mass is 300 g/mol. The lowest BCUT2D eigenvalue weighted by Crippen LogP contribution is -2.36. The van der Waals surface area contributed by atoms with Crippen molar-refractivity contribution in [1.82, 2.24) is 0 Å². The average molecular weight is 300 g/mol. The van der Waals surface area contributed by atoms with Crippen molar-refractivity contribution in [3.63, 3.8) is 0 Å². The van der Waals surface area contributed by atoms with E-state index in [0.717, 1.165) is 17.3 Å². The molecule has 0 amide bonds. The highest BCUT2D eigenvalue weighted by molar-refractivity contribution is 14.1.